The van der Waals surface area contributed by atoms with Crippen LogP contribution in [0, 0.1) is 5.92 Å². The van der Waals surface area contributed by atoms with E-state index >= 15 is 0 Å². The Kier molecular flexibility index (Phi) is 4.17. The van der Waals surface area contributed by atoms with Crippen molar-refractivity contribution in [3.8, 4) is 0 Å². The van der Waals surface area contributed by atoms with E-state index < -0.39 is 6.17 Å². The van der Waals surface area contributed by atoms with Crippen molar-refractivity contribution >= 4 is 12.4 Å². The number of hydrogen-bond acceptors (Lipinski definition) is 2. The van der Waals surface area contributed by atoms with E-state index in [9.17, 15) is 4.39 Å². The van der Waals surface area contributed by atoms with Gasteiger partial charge in [-0.05, 0) is 18.8 Å². The molecule has 0 bridgehead atoms. The molecule has 0 aromatic carbocycles. The summed E-state index contributed by atoms with van der Waals surface area (Å²) >= 11 is 0. The quantitative estimate of drug-likeness (QED) is 0.632. The Bertz CT molecular complexity index is 97.7. The monoisotopic (exact) mass is 169 g/mol. The predicted molar refractivity (Wildman–Crippen MR) is 39.9 cm³/mol. The van der Waals surface area contributed by atoms with Crippen LogP contribution in [0.3, 0.4) is 0 Å². The molecule has 0 heterocycles. The van der Waals surface area contributed by atoms with Gasteiger partial charge in [0.05, 0.1) is 6.61 Å². The van der Waals surface area contributed by atoms with E-state index in [-0.39, 0.29) is 31.0 Å². The molecule has 0 aromatic rings. The zero-order valence-electron chi connectivity index (χ0n) is 5.66. The molecule has 0 saturated heterocycles. The SMILES string of the molecule is Cl.NC1CC(C(F)CO)C1. The van der Waals surface area contributed by atoms with Gasteiger partial charge in [0.2, 0.25) is 0 Å². The van der Waals surface area contributed by atoms with Gasteiger partial charge in [-0.15, -0.1) is 12.4 Å². The summed E-state index contributed by atoms with van der Waals surface area (Å²) in [5.41, 5.74) is 5.41. The van der Waals surface area contributed by atoms with Crippen LogP contribution in [0.25, 0.3) is 0 Å². The lowest BCUT2D eigenvalue weighted by molar-refractivity contribution is 0.0728. The number of nitrogens with two attached hydrogens (primary N) is 1. The molecule has 1 atom stereocenters. The zero-order valence-corrected chi connectivity index (χ0v) is 6.48. The molecule has 10 heavy (non-hydrogen) atoms. The first-order chi connectivity index (χ1) is 4.24. The summed E-state index contributed by atoms with van der Waals surface area (Å²) < 4.78 is 12.4. The maximum absolute atomic E-state index is 12.4. The maximum atomic E-state index is 12.4. The number of halogens is 2. The molecule has 1 rings (SSSR count). The third-order valence-corrected chi connectivity index (χ3v) is 1.90. The van der Waals surface area contributed by atoms with Gasteiger partial charge in [0.15, 0.2) is 0 Å². The molecule has 62 valence electrons. The Hall–Kier alpha value is 0.140. The first kappa shape index (κ1) is 10.1. The van der Waals surface area contributed by atoms with Gasteiger partial charge in [-0.2, -0.15) is 0 Å². The Morgan fingerprint density at radius 3 is 2.40 bits per heavy atom. The average Bonchev–Trinajstić information content (AvgIpc) is 1.79. The van der Waals surface area contributed by atoms with Crippen LogP contribution in [0.2, 0.25) is 0 Å². The Morgan fingerprint density at radius 1 is 1.60 bits per heavy atom. The second kappa shape index (κ2) is 4.11. The van der Waals surface area contributed by atoms with Crippen molar-refractivity contribution in [2.75, 3.05) is 6.61 Å². The fourth-order valence-electron chi connectivity index (χ4n) is 1.15. The van der Waals surface area contributed by atoms with Gasteiger partial charge in [-0.3, -0.25) is 0 Å². The summed E-state index contributed by atoms with van der Waals surface area (Å²) in [6.07, 6.45) is 0.438. The van der Waals surface area contributed by atoms with Crippen LogP contribution in [0.5, 0.6) is 0 Å². The number of alkyl halides is 1. The summed E-state index contributed by atoms with van der Waals surface area (Å²) in [6.45, 7) is -0.350. The summed E-state index contributed by atoms with van der Waals surface area (Å²) in [5, 5.41) is 8.34. The summed E-state index contributed by atoms with van der Waals surface area (Å²) in [6, 6.07) is 0.180. The highest BCUT2D eigenvalue weighted by Gasteiger charge is 2.32. The van der Waals surface area contributed by atoms with E-state index in [1.54, 1.807) is 0 Å². The minimum absolute atomic E-state index is 0. The highest BCUT2D eigenvalue weighted by molar-refractivity contribution is 5.85. The van der Waals surface area contributed by atoms with E-state index in [1.165, 1.54) is 0 Å². The normalized spacial score (nSPS) is 33.9. The van der Waals surface area contributed by atoms with Crippen molar-refractivity contribution in [2.45, 2.75) is 25.1 Å². The van der Waals surface area contributed by atoms with E-state index in [4.69, 9.17) is 10.8 Å². The second-order valence-corrected chi connectivity index (χ2v) is 2.69. The molecule has 1 aliphatic rings. The number of hydrogen-bond donors (Lipinski definition) is 2. The van der Waals surface area contributed by atoms with Gasteiger partial charge in [0.25, 0.3) is 0 Å². The van der Waals surface area contributed by atoms with Crippen LogP contribution in [-0.4, -0.2) is 23.9 Å². The van der Waals surface area contributed by atoms with Crippen LogP contribution in [-0.2, 0) is 0 Å². The fourth-order valence-corrected chi connectivity index (χ4v) is 1.15. The summed E-state index contributed by atoms with van der Waals surface area (Å²) in [5.74, 6) is 0.0324. The molecule has 3 N–H and O–H groups in total. The Labute approximate surface area is 66.0 Å². The van der Waals surface area contributed by atoms with Crippen molar-refractivity contribution in [1.29, 1.82) is 0 Å². The van der Waals surface area contributed by atoms with Crippen LogP contribution in [0.4, 0.5) is 4.39 Å². The van der Waals surface area contributed by atoms with Crippen LogP contribution in [0.15, 0.2) is 0 Å². The van der Waals surface area contributed by atoms with Gasteiger partial charge in [-0.25, -0.2) is 4.39 Å². The molecule has 4 heteroatoms. The maximum Gasteiger partial charge on any atom is 0.126 e. The molecule has 0 aliphatic heterocycles. The molecular weight excluding hydrogens is 157 g/mol. The van der Waals surface area contributed by atoms with Gasteiger partial charge < -0.3 is 10.8 Å². The second-order valence-electron chi connectivity index (χ2n) is 2.69. The highest BCUT2D eigenvalue weighted by Crippen LogP contribution is 2.29. The third kappa shape index (κ3) is 2.08. The predicted octanol–water partition coefficient (Wildman–Crippen LogP) is 0.476. The Balaban J connectivity index is 0.000000810. The number of aliphatic hydroxyl groups is 1. The van der Waals surface area contributed by atoms with Crippen molar-refractivity contribution in [1.82, 2.24) is 0 Å². The van der Waals surface area contributed by atoms with Crippen molar-refractivity contribution < 1.29 is 9.50 Å². The van der Waals surface area contributed by atoms with E-state index in [0.29, 0.717) is 0 Å². The van der Waals surface area contributed by atoms with E-state index in [0.717, 1.165) is 12.8 Å². The fraction of sp³-hybridized carbons (Fsp3) is 1.00. The topological polar surface area (TPSA) is 46.2 Å². The largest absolute Gasteiger partial charge is 0.393 e. The number of aliphatic hydroxyl groups excluding tert-OH is 1. The first-order valence-corrected chi connectivity index (χ1v) is 3.24. The molecule has 1 aliphatic carbocycles. The smallest absolute Gasteiger partial charge is 0.126 e. The van der Waals surface area contributed by atoms with E-state index in [1.807, 2.05) is 0 Å². The van der Waals surface area contributed by atoms with Crippen LogP contribution >= 0.6 is 12.4 Å². The minimum Gasteiger partial charge on any atom is -0.393 e. The molecule has 0 radical (unpaired) electrons. The van der Waals surface area contributed by atoms with Crippen molar-refractivity contribution in [3.63, 3.8) is 0 Å². The number of rotatable bonds is 2. The highest BCUT2D eigenvalue weighted by atomic mass is 35.5. The summed E-state index contributed by atoms with van der Waals surface area (Å²) in [4.78, 5) is 0. The lowest BCUT2D eigenvalue weighted by atomic mass is 9.78. The first-order valence-electron chi connectivity index (χ1n) is 3.24. The van der Waals surface area contributed by atoms with Crippen LogP contribution < -0.4 is 5.73 Å². The molecule has 1 unspecified atom stereocenters. The average molecular weight is 170 g/mol. The van der Waals surface area contributed by atoms with Crippen molar-refractivity contribution in [3.05, 3.63) is 0 Å². The standard InChI is InChI=1S/C6H12FNO.ClH/c7-6(3-9)4-1-5(8)2-4;/h4-6,9H,1-3,8H2;1H. The van der Waals surface area contributed by atoms with Gasteiger partial charge in [0, 0.05) is 6.04 Å². The zero-order chi connectivity index (χ0) is 6.85. The molecular formula is C6H13ClFNO. The van der Waals surface area contributed by atoms with Crippen LogP contribution in [0.1, 0.15) is 12.8 Å². The van der Waals surface area contributed by atoms with Gasteiger partial charge in [0.1, 0.15) is 6.17 Å². The lowest BCUT2D eigenvalue weighted by Gasteiger charge is -2.33. The molecule has 1 fully saturated rings. The van der Waals surface area contributed by atoms with E-state index in [2.05, 4.69) is 0 Å². The molecule has 0 amide bonds. The summed E-state index contributed by atoms with van der Waals surface area (Å²) in [7, 11) is 0. The van der Waals surface area contributed by atoms with Gasteiger partial charge in [-0.1, -0.05) is 0 Å². The molecule has 2 nitrogen and oxygen atoms in total. The third-order valence-electron chi connectivity index (χ3n) is 1.90. The van der Waals surface area contributed by atoms with Gasteiger partial charge >= 0.3 is 0 Å². The minimum atomic E-state index is -1.04. The molecule has 0 spiro atoms. The Morgan fingerprint density at radius 2 is 2.10 bits per heavy atom. The lowest BCUT2D eigenvalue weighted by Crippen LogP contribution is -2.41. The van der Waals surface area contributed by atoms with Crippen molar-refractivity contribution in [2.24, 2.45) is 11.7 Å². The molecule has 0 aromatic heterocycles. The molecule has 1 saturated carbocycles.